The van der Waals surface area contributed by atoms with Gasteiger partial charge >= 0.3 is 5.97 Å². The monoisotopic (exact) mass is 474 g/mol. The van der Waals surface area contributed by atoms with Crippen LogP contribution in [-0.4, -0.2) is 67.6 Å². The Kier molecular flexibility index (Phi) is 6.19. The van der Waals surface area contributed by atoms with E-state index in [0.717, 1.165) is 19.1 Å². The minimum Gasteiger partial charge on any atom is -0.508 e. The highest BCUT2D eigenvalue weighted by Gasteiger charge is 2.46. The van der Waals surface area contributed by atoms with Crippen LogP contribution in [-0.2, 0) is 14.3 Å². The van der Waals surface area contributed by atoms with Crippen LogP contribution in [0.1, 0.15) is 18.6 Å². The van der Waals surface area contributed by atoms with E-state index in [2.05, 4.69) is 0 Å². The molecule has 0 saturated carbocycles. The van der Waals surface area contributed by atoms with E-state index in [9.17, 15) is 40.2 Å². The zero-order valence-corrected chi connectivity index (χ0v) is 17.8. The molecule has 2 aromatic carbocycles. The van der Waals surface area contributed by atoms with Crippen molar-refractivity contribution in [2.75, 3.05) is 6.61 Å². The van der Waals surface area contributed by atoms with Crippen LogP contribution < -0.4 is 5.43 Å². The van der Waals surface area contributed by atoms with Crippen LogP contribution in [0.4, 0.5) is 0 Å². The van der Waals surface area contributed by atoms with E-state index in [-0.39, 0.29) is 22.5 Å². The Morgan fingerprint density at radius 2 is 1.68 bits per heavy atom. The van der Waals surface area contributed by atoms with Crippen LogP contribution >= 0.6 is 0 Å². The second kappa shape index (κ2) is 8.95. The lowest BCUT2D eigenvalue weighted by Gasteiger charge is -2.40. The number of hydrogen-bond acceptors (Lipinski definition) is 11. The molecule has 1 aliphatic heterocycles. The molecule has 1 saturated heterocycles. The highest BCUT2D eigenvalue weighted by molar-refractivity contribution is 5.88. The molecule has 11 heteroatoms. The molecule has 1 fully saturated rings. The summed E-state index contributed by atoms with van der Waals surface area (Å²) in [6, 6.07) is 7.96. The number of benzene rings is 2. The maximum absolute atomic E-state index is 12.8. The van der Waals surface area contributed by atoms with Gasteiger partial charge in [0.2, 0.25) is 0 Å². The third kappa shape index (κ3) is 4.17. The van der Waals surface area contributed by atoms with Gasteiger partial charge in [-0.05, 0) is 24.3 Å². The molecule has 1 aromatic heterocycles. The summed E-state index contributed by atoms with van der Waals surface area (Å²) >= 11 is 0. The molecule has 4 rings (SSSR count). The SMILES string of the molecule is CC(=O)OCC1OC(c2c(O)cc3oc(-c4ccc(O)cc4)cc(=O)c3c2O)C(O)C(O)C1O. The Morgan fingerprint density at radius 1 is 1.00 bits per heavy atom. The minimum atomic E-state index is -1.80. The van der Waals surface area contributed by atoms with Crippen LogP contribution in [0, 0.1) is 0 Å². The lowest BCUT2D eigenvalue weighted by Crippen LogP contribution is -2.55. The zero-order chi connectivity index (χ0) is 24.7. The van der Waals surface area contributed by atoms with Crippen LogP contribution in [0.15, 0.2) is 45.6 Å². The summed E-state index contributed by atoms with van der Waals surface area (Å²) in [5.41, 5.74) is -0.804. The van der Waals surface area contributed by atoms with Crippen molar-refractivity contribution < 1.29 is 49.3 Å². The number of esters is 1. The topological polar surface area (TPSA) is 187 Å². The maximum Gasteiger partial charge on any atom is 0.302 e. The van der Waals surface area contributed by atoms with Gasteiger partial charge < -0.3 is 44.5 Å². The summed E-state index contributed by atoms with van der Waals surface area (Å²) in [5.74, 6) is -1.92. The molecular formula is C23H22O11. The van der Waals surface area contributed by atoms with Gasteiger partial charge in [0.15, 0.2) is 5.43 Å². The van der Waals surface area contributed by atoms with E-state index in [1.165, 1.54) is 24.3 Å². The van der Waals surface area contributed by atoms with Gasteiger partial charge in [0.05, 0.1) is 5.56 Å². The number of fused-ring (bicyclic) bond motifs is 1. The zero-order valence-electron chi connectivity index (χ0n) is 17.8. The van der Waals surface area contributed by atoms with Gasteiger partial charge in [-0.15, -0.1) is 0 Å². The van der Waals surface area contributed by atoms with Gasteiger partial charge in [-0.1, -0.05) is 0 Å². The predicted molar refractivity (Wildman–Crippen MR) is 115 cm³/mol. The smallest absolute Gasteiger partial charge is 0.302 e. The van der Waals surface area contributed by atoms with Crippen LogP contribution in [0.2, 0.25) is 0 Å². The first-order valence-corrected chi connectivity index (χ1v) is 10.2. The van der Waals surface area contributed by atoms with Gasteiger partial charge in [-0.25, -0.2) is 0 Å². The summed E-state index contributed by atoms with van der Waals surface area (Å²) < 4.78 is 16.0. The Bertz CT molecular complexity index is 1280. The van der Waals surface area contributed by atoms with Crippen molar-refractivity contribution in [2.24, 2.45) is 0 Å². The molecule has 11 nitrogen and oxygen atoms in total. The second-order valence-corrected chi connectivity index (χ2v) is 7.92. The van der Waals surface area contributed by atoms with Crippen LogP contribution in [0.3, 0.4) is 0 Å². The highest BCUT2D eigenvalue weighted by Crippen LogP contribution is 2.44. The largest absolute Gasteiger partial charge is 0.508 e. The number of aliphatic hydroxyl groups is 3. The normalized spacial score (nSPS) is 24.8. The van der Waals surface area contributed by atoms with E-state index in [0.29, 0.717) is 5.56 Å². The molecule has 0 aliphatic carbocycles. The molecule has 0 amide bonds. The number of phenols is 3. The summed E-state index contributed by atoms with van der Waals surface area (Å²) in [6.07, 6.45) is -8.09. The minimum absolute atomic E-state index is 0.0113. The van der Waals surface area contributed by atoms with Crippen LogP contribution in [0.25, 0.3) is 22.3 Å². The second-order valence-electron chi connectivity index (χ2n) is 7.92. The van der Waals surface area contributed by atoms with Gasteiger partial charge in [-0.3, -0.25) is 9.59 Å². The summed E-state index contributed by atoms with van der Waals surface area (Å²) in [5, 5.41) is 61.5. The van der Waals surface area contributed by atoms with E-state index >= 15 is 0 Å². The lowest BCUT2D eigenvalue weighted by atomic mass is 9.89. The number of ether oxygens (including phenoxy) is 2. The molecule has 0 bridgehead atoms. The average molecular weight is 474 g/mol. The highest BCUT2D eigenvalue weighted by atomic mass is 16.6. The number of aromatic hydroxyl groups is 3. The average Bonchev–Trinajstić information content (AvgIpc) is 2.78. The first-order valence-electron chi connectivity index (χ1n) is 10.2. The molecule has 1 aliphatic rings. The predicted octanol–water partition coefficient (Wildman–Crippen LogP) is 0.662. The van der Waals surface area contributed by atoms with E-state index in [1.807, 2.05) is 0 Å². The molecule has 0 spiro atoms. The number of aliphatic hydroxyl groups excluding tert-OH is 3. The van der Waals surface area contributed by atoms with Gasteiger partial charge in [0.25, 0.3) is 0 Å². The summed E-state index contributed by atoms with van der Waals surface area (Å²) in [7, 11) is 0. The molecule has 180 valence electrons. The fourth-order valence-electron chi connectivity index (χ4n) is 3.88. The molecule has 3 aromatic rings. The van der Waals surface area contributed by atoms with Crippen molar-refractivity contribution in [2.45, 2.75) is 37.4 Å². The van der Waals surface area contributed by atoms with E-state index in [4.69, 9.17) is 13.9 Å². The Balaban J connectivity index is 1.79. The maximum atomic E-state index is 12.8. The van der Waals surface area contributed by atoms with Crippen molar-refractivity contribution in [1.82, 2.24) is 0 Å². The first kappa shape index (κ1) is 23.5. The van der Waals surface area contributed by atoms with Crippen molar-refractivity contribution >= 4 is 16.9 Å². The third-order valence-corrected chi connectivity index (χ3v) is 5.61. The van der Waals surface area contributed by atoms with Crippen molar-refractivity contribution in [1.29, 1.82) is 0 Å². The first-order chi connectivity index (χ1) is 16.1. The fraction of sp³-hybridized carbons (Fsp3) is 0.304. The number of hydrogen-bond donors (Lipinski definition) is 6. The molecule has 5 unspecified atom stereocenters. The Labute approximate surface area is 191 Å². The number of carbonyl (C=O) groups excluding carboxylic acids is 1. The van der Waals surface area contributed by atoms with E-state index < -0.39 is 65.6 Å². The van der Waals surface area contributed by atoms with Crippen LogP contribution in [0.5, 0.6) is 17.2 Å². The lowest BCUT2D eigenvalue weighted by molar-refractivity contribution is -0.234. The van der Waals surface area contributed by atoms with Gasteiger partial charge in [0.1, 0.15) is 71.1 Å². The molecule has 6 N–H and O–H groups in total. The van der Waals surface area contributed by atoms with Gasteiger partial charge in [-0.2, -0.15) is 0 Å². The molecule has 5 atom stereocenters. The molecule has 34 heavy (non-hydrogen) atoms. The third-order valence-electron chi connectivity index (χ3n) is 5.61. The fourth-order valence-corrected chi connectivity index (χ4v) is 3.88. The standard InChI is InChI=1S/C23H22O11/c1-9(24)32-8-16-19(28)21(30)22(31)23(34-16)18-13(27)7-15-17(20(18)29)12(26)6-14(33-15)10-2-4-11(25)5-3-10/h2-7,16,19,21-23,25,27-31H,8H2,1H3. The van der Waals surface area contributed by atoms with Crippen molar-refractivity contribution in [3.8, 4) is 28.6 Å². The number of carbonyl (C=O) groups is 1. The number of rotatable bonds is 4. The summed E-state index contributed by atoms with van der Waals surface area (Å²) in [6.45, 7) is 0.661. The quantitative estimate of drug-likeness (QED) is 0.292. The van der Waals surface area contributed by atoms with Gasteiger partial charge in [0, 0.05) is 24.6 Å². The molecular weight excluding hydrogens is 452 g/mol. The van der Waals surface area contributed by atoms with Crippen molar-refractivity contribution in [3.63, 3.8) is 0 Å². The Morgan fingerprint density at radius 3 is 2.32 bits per heavy atom. The summed E-state index contributed by atoms with van der Waals surface area (Å²) in [4.78, 5) is 24.0. The van der Waals surface area contributed by atoms with Crippen molar-refractivity contribution in [3.05, 3.63) is 52.2 Å². The van der Waals surface area contributed by atoms with E-state index in [1.54, 1.807) is 0 Å². The Hall–Kier alpha value is -3.64. The number of phenolic OH excluding ortho intramolecular Hbond substituents is 3. The molecule has 2 heterocycles. The molecule has 0 radical (unpaired) electrons.